The molecule has 23 heavy (non-hydrogen) atoms. The number of carbonyl (C=O) groups excluding carboxylic acids is 1. The molecule has 0 saturated heterocycles. The molecule has 1 saturated carbocycles. The molecule has 1 amide bonds. The first-order valence-electron chi connectivity index (χ1n) is 7.98. The van der Waals surface area contributed by atoms with Crippen LogP contribution in [0.4, 0.5) is 0 Å². The summed E-state index contributed by atoms with van der Waals surface area (Å²) in [4.78, 5) is 13.5. The summed E-state index contributed by atoms with van der Waals surface area (Å²) in [6.07, 6.45) is 5.58. The Morgan fingerprint density at radius 3 is 3.09 bits per heavy atom. The fraction of sp³-hybridized carbons (Fsp3) is 0.600. The van der Waals surface area contributed by atoms with Crippen LogP contribution >= 0.6 is 23.1 Å². The van der Waals surface area contributed by atoms with Crippen molar-refractivity contribution in [3.05, 3.63) is 22.4 Å². The second kappa shape index (κ2) is 7.92. The summed E-state index contributed by atoms with van der Waals surface area (Å²) in [6, 6.07) is 4.51. The molecule has 2 aromatic heterocycles. The standard InChI is InChI=1S/C15H21N5OS2/c1-11(14(21)16-9-8-13-7-4-10-22-13)23-15-17-18-19-20(15)12-5-2-3-6-12/h4,7,10-12H,2-3,5-6,8-9H2,1H3,(H,16,21). The molecule has 2 heterocycles. The van der Waals surface area contributed by atoms with Crippen molar-refractivity contribution in [1.29, 1.82) is 0 Å². The number of thiophene rings is 1. The molecule has 124 valence electrons. The van der Waals surface area contributed by atoms with Gasteiger partial charge in [0.15, 0.2) is 0 Å². The Morgan fingerprint density at radius 2 is 2.35 bits per heavy atom. The van der Waals surface area contributed by atoms with Gasteiger partial charge < -0.3 is 5.32 Å². The predicted molar refractivity (Wildman–Crippen MR) is 91.7 cm³/mol. The molecule has 1 atom stereocenters. The van der Waals surface area contributed by atoms with Crippen LogP contribution in [0.1, 0.15) is 43.5 Å². The highest BCUT2D eigenvalue weighted by Gasteiger charge is 2.24. The summed E-state index contributed by atoms with van der Waals surface area (Å²) in [5, 5.41) is 17.6. The first-order valence-corrected chi connectivity index (χ1v) is 9.74. The molecule has 2 aromatic rings. The maximum atomic E-state index is 12.2. The molecule has 0 spiro atoms. The average molecular weight is 352 g/mol. The molecule has 8 heteroatoms. The fourth-order valence-corrected chi connectivity index (χ4v) is 4.35. The van der Waals surface area contributed by atoms with Crippen LogP contribution in [-0.4, -0.2) is 37.9 Å². The summed E-state index contributed by atoms with van der Waals surface area (Å²) in [5.41, 5.74) is 0. The van der Waals surface area contributed by atoms with Gasteiger partial charge in [-0.25, -0.2) is 4.68 Å². The highest BCUT2D eigenvalue weighted by molar-refractivity contribution is 8.00. The van der Waals surface area contributed by atoms with Gasteiger partial charge in [0.25, 0.3) is 0 Å². The lowest BCUT2D eigenvalue weighted by molar-refractivity contribution is -0.120. The molecule has 0 aliphatic heterocycles. The Bertz CT molecular complexity index is 622. The Hall–Kier alpha value is -1.41. The molecule has 1 fully saturated rings. The van der Waals surface area contributed by atoms with Crippen molar-refractivity contribution >= 4 is 29.0 Å². The Kier molecular flexibility index (Phi) is 5.66. The predicted octanol–water partition coefficient (Wildman–Crippen LogP) is 2.69. The van der Waals surface area contributed by atoms with Crippen LogP contribution in [0.15, 0.2) is 22.7 Å². The number of tetrazole rings is 1. The number of amides is 1. The Balaban J connectivity index is 1.49. The van der Waals surface area contributed by atoms with E-state index in [2.05, 4.69) is 32.3 Å². The zero-order chi connectivity index (χ0) is 16.1. The number of nitrogens with zero attached hydrogens (tertiary/aromatic N) is 4. The number of aromatic nitrogens is 4. The van der Waals surface area contributed by atoms with E-state index in [0.717, 1.165) is 24.4 Å². The van der Waals surface area contributed by atoms with Crippen LogP contribution in [0.3, 0.4) is 0 Å². The monoisotopic (exact) mass is 351 g/mol. The average Bonchev–Trinajstić information content (AvgIpc) is 3.29. The molecular formula is C15H21N5OS2. The smallest absolute Gasteiger partial charge is 0.233 e. The lowest BCUT2D eigenvalue weighted by Crippen LogP contribution is -2.32. The van der Waals surface area contributed by atoms with E-state index in [1.807, 2.05) is 17.7 Å². The fourth-order valence-electron chi connectivity index (χ4n) is 2.76. The maximum Gasteiger partial charge on any atom is 0.233 e. The van der Waals surface area contributed by atoms with E-state index in [-0.39, 0.29) is 11.2 Å². The molecule has 6 nitrogen and oxygen atoms in total. The van der Waals surface area contributed by atoms with Gasteiger partial charge in [0.1, 0.15) is 0 Å². The molecule has 1 aliphatic carbocycles. The minimum absolute atomic E-state index is 0.0347. The third-order valence-corrected chi connectivity index (χ3v) is 6.02. The van der Waals surface area contributed by atoms with Crippen LogP contribution in [0.5, 0.6) is 0 Å². The van der Waals surface area contributed by atoms with Crippen LogP contribution in [0.25, 0.3) is 0 Å². The molecule has 0 bridgehead atoms. The number of rotatable bonds is 7. The van der Waals surface area contributed by atoms with Crippen LogP contribution < -0.4 is 5.32 Å². The van der Waals surface area contributed by atoms with Crippen molar-refractivity contribution < 1.29 is 4.79 Å². The van der Waals surface area contributed by atoms with Gasteiger partial charge in [-0.2, -0.15) is 0 Å². The van der Waals surface area contributed by atoms with Gasteiger partial charge in [0.2, 0.25) is 11.1 Å². The van der Waals surface area contributed by atoms with Crippen molar-refractivity contribution in [2.24, 2.45) is 0 Å². The van der Waals surface area contributed by atoms with Crippen molar-refractivity contribution in [1.82, 2.24) is 25.5 Å². The van der Waals surface area contributed by atoms with Crippen LogP contribution in [-0.2, 0) is 11.2 Å². The molecule has 0 aromatic carbocycles. The first-order chi connectivity index (χ1) is 11.2. The third kappa shape index (κ3) is 4.32. The topological polar surface area (TPSA) is 72.7 Å². The summed E-state index contributed by atoms with van der Waals surface area (Å²) in [7, 11) is 0. The Labute approximate surface area is 144 Å². The first kappa shape index (κ1) is 16.4. The normalized spacial score (nSPS) is 16.6. The third-order valence-electron chi connectivity index (χ3n) is 4.04. The minimum Gasteiger partial charge on any atom is -0.355 e. The quantitative estimate of drug-likeness (QED) is 0.777. The molecular weight excluding hydrogens is 330 g/mol. The van der Waals surface area contributed by atoms with Crippen LogP contribution in [0, 0.1) is 0 Å². The summed E-state index contributed by atoms with van der Waals surface area (Å²) in [5.74, 6) is 0.0347. The summed E-state index contributed by atoms with van der Waals surface area (Å²) >= 11 is 3.15. The molecule has 0 radical (unpaired) electrons. The second-order valence-electron chi connectivity index (χ2n) is 5.72. The summed E-state index contributed by atoms with van der Waals surface area (Å²) in [6.45, 7) is 2.57. The number of hydrogen-bond donors (Lipinski definition) is 1. The zero-order valence-corrected chi connectivity index (χ0v) is 14.8. The van der Waals surface area contributed by atoms with Gasteiger partial charge >= 0.3 is 0 Å². The van der Waals surface area contributed by atoms with E-state index < -0.39 is 0 Å². The highest BCUT2D eigenvalue weighted by Crippen LogP contribution is 2.32. The number of hydrogen-bond acceptors (Lipinski definition) is 6. The molecule has 1 N–H and O–H groups in total. The lowest BCUT2D eigenvalue weighted by atomic mass is 10.3. The number of thioether (sulfide) groups is 1. The van der Waals surface area contributed by atoms with Crippen LogP contribution in [0.2, 0.25) is 0 Å². The molecule has 1 unspecified atom stereocenters. The van der Waals surface area contributed by atoms with E-state index in [9.17, 15) is 4.79 Å². The Morgan fingerprint density at radius 1 is 1.52 bits per heavy atom. The van der Waals surface area contributed by atoms with Crippen molar-refractivity contribution in [3.63, 3.8) is 0 Å². The minimum atomic E-state index is -0.204. The van der Waals surface area contributed by atoms with E-state index in [0.29, 0.717) is 12.6 Å². The zero-order valence-electron chi connectivity index (χ0n) is 13.1. The van der Waals surface area contributed by atoms with Gasteiger partial charge in [0.05, 0.1) is 11.3 Å². The number of nitrogens with one attached hydrogen (secondary N) is 1. The van der Waals surface area contributed by atoms with E-state index >= 15 is 0 Å². The van der Waals surface area contributed by atoms with Gasteiger partial charge in [-0.1, -0.05) is 30.7 Å². The highest BCUT2D eigenvalue weighted by atomic mass is 32.2. The second-order valence-corrected chi connectivity index (χ2v) is 8.06. The molecule has 3 rings (SSSR count). The van der Waals surface area contributed by atoms with Gasteiger partial charge in [0, 0.05) is 11.4 Å². The number of carbonyl (C=O) groups is 1. The van der Waals surface area contributed by atoms with Gasteiger partial charge in [-0.05, 0) is 48.1 Å². The van der Waals surface area contributed by atoms with E-state index in [1.165, 1.54) is 29.5 Å². The maximum absolute atomic E-state index is 12.2. The van der Waals surface area contributed by atoms with E-state index in [4.69, 9.17) is 0 Å². The lowest BCUT2D eigenvalue weighted by Gasteiger charge is -2.14. The van der Waals surface area contributed by atoms with Gasteiger partial charge in [-0.3, -0.25) is 4.79 Å². The van der Waals surface area contributed by atoms with E-state index in [1.54, 1.807) is 11.3 Å². The van der Waals surface area contributed by atoms with Crippen molar-refractivity contribution in [2.75, 3.05) is 6.54 Å². The van der Waals surface area contributed by atoms with Gasteiger partial charge in [-0.15, -0.1) is 16.4 Å². The largest absolute Gasteiger partial charge is 0.355 e. The van der Waals surface area contributed by atoms with Crippen molar-refractivity contribution in [3.8, 4) is 0 Å². The summed E-state index contributed by atoms with van der Waals surface area (Å²) < 4.78 is 1.90. The molecule has 1 aliphatic rings. The SMILES string of the molecule is CC(Sc1nnnn1C1CCCC1)C(=O)NCCc1cccs1. The van der Waals surface area contributed by atoms with Crippen molar-refractivity contribution in [2.45, 2.75) is 55.5 Å².